The van der Waals surface area contributed by atoms with Gasteiger partial charge in [-0.2, -0.15) is 0 Å². The molecule has 19 heavy (non-hydrogen) atoms. The fourth-order valence-electron chi connectivity index (χ4n) is 2.68. The van der Waals surface area contributed by atoms with Crippen LogP contribution in [0.5, 0.6) is 0 Å². The van der Waals surface area contributed by atoms with Crippen LogP contribution in [0.4, 0.5) is 5.00 Å². The summed E-state index contributed by atoms with van der Waals surface area (Å²) in [4.78, 5) is 13.9. The second kappa shape index (κ2) is 5.98. The van der Waals surface area contributed by atoms with Crippen LogP contribution in [0.1, 0.15) is 31.1 Å². The van der Waals surface area contributed by atoms with E-state index in [9.17, 15) is 10.1 Å². The van der Waals surface area contributed by atoms with Crippen molar-refractivity contribution in [3.05, 3.63) is 27.1 Å². The Morgan fingerprint density at radius 2 is 2.11 bits per heavy atom. The van der Waals surface area contributed by atoms with Crippen molar-refractivity contribution in [2.75, 3.05) is 19.6 Å². The van der Waals surface area contributed by atoms with E-state index in [-0.39, 0.29) is 15.5 Å². The van der Waals surface area contributed by atoms with E-state index in [1.165, 1.54) is 30.6 Å². The van der Waals surface area contributed by atoms with Gasteiger partial charge in [0.25, 0.3) is 0 Å². The Kier molecular flexibility index (Phi) is 4.54. The zero-order chi connectivity index (χ0) is 13.9. The summed E-state index contributed by atoms with van der Waals surface area (Å²) in [6.45, 7) is 4.92. The summed E-state index contributed by atoms with van der Waals surface area (Å²) < 4.78 is 0. The molecule has 0 amide bonds. The maximum absolute atomic E-state index is 10.7. The van der Waals surface area contributed by atoms with Crippen molar-refractivity contribution in [1.29, 1.82) is 0 Å². The maximum atomic E-state index is 10.7. The lowest BCUT2D eigenvalue weighted by atomic mass is 9.92. The van der Waals surface area contributed by atoms with Gasteiger partial charge in [-0.1, -0.05) is 17.8 Å². The number of thiophene rings is 1. The SMILES string of the molecule is CC(CN)(Cc1ccc([N+](=O)[O-])s1)N1CCCCC1. The number of likely N-dealkylation sites (tertiary alicyclic amines) is 1. The standard InChI is InChI=1S/C13H21N3O2S/c1-13(10-14,15-7-3-2-4-8-15)9-11-5-6-12(19-11)16(17)18/h5-6H,2-4,7-10,14H2,1H3. The molecule has 0 aliphatic carbocycles. The molecule has 5 nitrogen and oxygen atoms in total. The smallest absolute Gasteiger partial charge is 0.324 e. The number of nitrogens with two attached hydrogens (primary N) is 1. The fourth-order valence-corrected chi connectivity index (χ4v) is 3.68. The molecule has 1 aliphatic heterocycles. The minimum Gasteiger partial charge on any atom is -0.329 e. The molecule has 0 bridgehead atoms. The van der Waals surface area contributed by atoms with Gasteiger partial charge in [-0.3, -0.25) is 15.0 Å². The molecule has 106 valence electrons. The van der Waals surface area contributed by atoms with Crippen molar-refractivity contribution in [3.8, 4) is 0 Å². The number of nitrogens with zero attached hydrogens (tertiary/aromatic N) is 2. The Morgan fingerprint density at radius 1 is 1.42 bits per heavy atom. The third kappa shape index (κ3) is 3.32. The normalized spacial score (nSPS) is 20.1. The molecule has 0 saturated carbocycles. The maximum Gasteiger partial charge on any atom is 0.324 e. The zero-order valence-electron chi connectivity index (χ0n) is 11.3. The molecular formula is C13H21N3O2S. The Hall–Kier alpha value is -0.980. The summed E-state index contributed by atoms with van der Waals surface area (Å²) in [6, 6.07) is 3.45. The first kappa shape index (κ1) is 14.4. The molecule has 0 aromatic carbocycles. The Morgan fingerprint density at radius 3 is 2.63 bits per heavy atom. The molecule has 2 N–H and O–H groups in total. The van der Waals surface area contributed by atoms with E-state index in [0.717, 1.165) is 24.4 Å². The lowest BCUT2D eigenvalue weighted by Gasteiger charge is -2.42. The van der Waals surface area contributed by atoms with Crippen molar-refractivity contribution in [3.63, 3.8) is 0 Å². The van der Waals surface area contributed by atoms with Crippen LogP contribution < -0.4 is 5.73 Å². The second-order valence-corrected chi connectivity index (χ2v) is 6.57. The monoisotopic (exact) mass is 283 g/mol. The molecule has 1 aliphatic rings. The first-order valence-corrected chi connectivity index (χ1v) is 7.55. The van der Waals surface area contributed by atoms with E-state index < -0.39 is 0 Å². The van der Waals surface area contributed by atoms with Crippen molar-refractivity contribution in [2.24, 2.45) is 5.73 Å². The van der Waals surface area contributed by atoms with Crippen molar-refractivity contribution >= 4 is 16.3 Å². The lowest BCUT2D eigenvalue weighted by Crippen LogP contribution is -2.54. The number of rotatable bonds is 5. The summed E-state index contributed by atoms with van der Waals surface area (Å²) in [7, 11) is 0. The van der Waals surface area contributed by atoms with Gasteiger partial charge < -0.3 is 5.73 Å². The predicted molar refractivity (Wildman–Crippen MR) is 77.6 cm³/mol. The van der Waals surface area contributed by atoms with Gasteiger partial charge in [-0.15, -0.1) is 0 Å². The minimum atomic E-state index is -0.325. The van der Waals surface area contributed by atoms with Crippen LogP contribution in [0.2, 0.25) is 0 Å². The molecule has 1 atom stereocenters. The predicted octanol–water partition coefficient (Wildman–Crippen LogP) is 2.40. The van der Waals surface area contributed by atoms with Crippen molar-refractivity contribution < 1.29 is 4.92 Å². The van der Waals surface area contributed by atoms with E-state index in [1.807, 2.05) is 6.07 Å². The number of hydrogen-bond acceptors (Lipinski definition) is 5. The van der Waals surface area contributed by atoms with E-state index in [0.29, 0.717) is 6.54 Å². The summed E-state index contributed by atoms with van der Waals surface area (Å²) in [5, 5.41) is 10.9. The molecule has 1 fully saturated rings. The van der Waals surface area contributed by atoms with Crippen LogP contribution in [0, 0.1) is 10.1 Å². The average molecular weight is 283 g/mol. The van der Waals surface area contributed by atoms with E-state index >= 15 is 0 Å². The molecule has 2 rings (SSSR count). The summed E-state index contributed by atoms with van der Waals surface area (Å²) in [5.41, 5.74) is 5.90. The van der Waals surface area contributed by atoms with Gasteiger partial charge in [-0.25, -0.2) is 0 Å². The third-order valence-electron chi connectivity index (χ3n) is 3.94. The highest BCUT2D eigenvalue weighted by molar-refractivity contribution is 7.15. The first-order chi connectivity index (χ1) is 9.05. The van der Waals surface area contributed by atoms with E-state index in [1.54, 1.807) is 6.07 Å². The van der Waals surface area contributed by atoms with Gasteiger partial charge in [0.15, 0.2) is 0 Å². The molecule has 1 aromatic heterocycles. The Labute approximate surface area is 117 Å². The molecule has 0 radical (unpaired) electrons. The quantitative estimate of drug-likeness (QED) is 0.665. The number of piperidine rings is 1. The molecular weight excluding hydrogens is 262 g/mol. The molecule has 2 heterocycles. The summed E-state index contributed by atoms with van der Waals surface area (Å²) in [5.74, 6) is 0. The van der Waals surface area contributed by atoms with Crippen molar-refractivity contribution in [1.82, 2.24) is 4.90 Å². The molecule has 6 heteroatoms. The lowest BCUT2D eigenvalue weighted by molar-refractivity contribution is -0.380. The van der Waals surface area contributed by atoms with E-state index in [4.69, 9.17) is 5.73 Å². The van der Waals surface area contributed by atoms with Crippen LogP contribution in [-0.4, -0.2) is 35.0 Å². The first-order valence-electron chi connectivity index (χ1n) is 6.73. The van der Waals surface area contributed by atoms with Crippen LogP contribution in [0.25, 0.3) is 0 Å². The van der Waals surface area contributed by atoms with Gasteiger partial charge in [0.05, 0.1) is 4.92 Å². The average Bonchev–Trinajstić information content (AvgIpc) is 2.88. The van der Waals surface area contributed by atoms with Gasteiger partial charge in [0.1, 0.15) is 0 Å². The highest BCUT2D eigenvalue weighted by Gasteiger charge is 2.32. The van der Waals surface area contributed by atoms with Gasteiger partial charge in [0, 0.05) is 29.4 Å². The van der Waals surface area contributed by atoms with Gasteiger partial charge in [-0.05, 0) is 38.9 Å². The second-order valence-electron chi connectivity index (χ2n) is 5.42. The molecule has 1 saturated heterocycles. The van der Waals surface area contributed by atoms with E-state index in [2.05, 4.69) is 11.8 Å². The van der Waals surface area contributed by atoms with Crippen LogP contribution in [0.3, 0.4) is 0 Å². The highest BCUT2D eigenvalue weighted by Crippen LogP contribution is 2.30. The molecule has 1 aromatic rings. The Balaban J connectivity index is 2.09. The summed E-state index contributed by atoms with van der Waals surface area (Å²) >= 11 is 1.27. The molecule has 1 unspecified atom stereocenters. The van der Waals surface area contributed by atoms with Crippen LogP contribution in [0.15, 0.2) is 12.1 Å². The fraction of sp³-hybridized carbons (Fsp3) is 0.692. The van der Waals surface area contributed by atoms with Crippen LogP contribution >= 0.6 is 11.3 Å². The summed E-state index contributed by atoms with van der Waals surface area (Å²) in [6.07, 6.45) is 4.53. The number of hydrogen-bond donors (Lipinski definition) is 1. The Bertz CT molecular complexity index is 443. The minimum absolute atomic E-state index is 0.0842. The van der Waals surface area contributed by atoms with Gasteiger partial charge in [0.2, 0.25) is 0 Å². The topological polar surface area (TPSA) is 72.4 Å². The van der Waals surface area contributed by atoms with Gasteiger partial charge >= 0.3 is 5.00 Å². The largest absolute Gasteiger partial charge is 0.329 e. The highest BCUT2D eigenvalue weighted by atomic mass is 32.1. The third-order valence-corrected chi connectivity index (χ3v) is 4.98. The number of nitro groups is 1. The van der Waals surface area contributed by atoms with Crippen molar-refractivity contribution in [2.45, 2.75) is 38.1 Å². The van der Waals surface area contributed by atoms with Crippen LogP contribution in [-0.2, 0) is 6.42 Å². The zero-order valence-corrected chi connectivity index (χ0v) is 12.1. The molecule has 0 spiro atoms.